The van der Waals surface area contributed by atoms with Crippen LogP contribution in [0.2, 0.25) is 0 Å². The van der Waals surface area contributed by atoms with E-state index in [4.69, 9.17) is 4.74 Å². The van der Waals surface area contributed by atoms with Crippen LogP contribution in [0.5, 0.6) is 0 Å². The van der Waals surface area contributed by atoms with Gasteiger partial charge >= 0.3 is 6.09 Å². The van der Waals surface area contributed by atoms with Gasteiger partial charge in [-0.05, 0) is 6.42 Å². The molecule has 0 aromatic carbocycles. The second kappa shape index (κ2) is 11.3. The number of carbonyl (C=O) groups excluding carboxylic acids is 1. The molecule has 0 aromatic heterocycles. The highest BCUT2D eigenvalue weighted by Gasteiger charge is 2.55. The molecule has 2 aliphatic rings. The number of hydrogen-bond donors (Lipinski definition) is 3. The first-order chi connectivity index (χ1) is 13.0. The number of rotatable bonds is 12. The van der Waals surface area contributed by atoms with E-state index in [-0.39, 0.29) is 6.61 Å². The van der Waals surface area contributed by atoms with Crippen molar-refractivity contribution in [1.82, 2.24) is 4.90 Å². The zero-order valence-corrected chi connectivity index (χ0v) is 17.1. The predicted octanol–water partition coefficient (Wildman–Crippen LogP) is 1.90. The van der Waals surface area contributed by atoms with Crippen molar-refractivity contribution >= 4 is 16.9 Å². The van der Waals surface area contributed by atoms with Gasteiger partial charge in [-0.25, -0.2) is 4.79 Å². The topological polar surface area (TPSA) is 107 Å². The lowest BCUT2D eigenvalue weighted by molar-refractivity contribution is -0.125. The molecule has 0 unspecified atom stereocenters. The maximum Gasteiger partial charge on any atom is 0.411 e. The van der Waals surface area contributed by atoms with Crippen molar-refractivity contribution in [3.05, 3.63) is 0 Å². The van der Waals surface area contributed by atoms with Gasteiger partial charge < -0.3 is 20.1 Å². The van der Waals surface area contributed by atoms with Gasteiger partial charge in [0.15, 0.2) is 0 Å². The van der Waals surface area contributed by atoms with E-state index in [0.29, 0.717) is 5.75 Å². The van der Waals surface area contributed by atoms with Crippen LogP contribution in [0.4, 0.5) is 4.79 Å². The van der Waals surface area contributed by atoms with E-state index in [1.165, 1.54) is 44.9 Å². The summed E-state index contributed by atoms with van der Waals surface area (Å²) in [5.41, 5.74) is 0. The lowest BCUT2D eigenvalue weighted by atomic mass is 9.95. The van der Waals surface area contributed by atoms with Crippen LogP contribution in [-0.2, 0) is 15.5 Å². The molecule has 0 saturated carbocycles. The Kier molecular flexibility index (Phi) is 9.48. The lowest BCUT2D eigenvalue weighted by Gasteiger charge is -2.43. The minimum absolute atomic E-state index is 0.0598. The minimum Gasteiger partial charge on any atom is -0.447 e. The zero-order chi connectivity index (χ0) is 19.8. The number of unbranched alkanes of at least 4 members (excludes halogenated alkanes) is 9. The summed E-state index contributed by atoms with van der Waals surface area (Å²) in [5, 5.41) is 29.3. The Morgan fingerprint density at radius 1 is 0.926 bits per heavy atom. The minimum atomic E-state index is -1.51. The van der Waals surface area contributed by atoms with E-state index < -0.39 is 46.6 Å². The van der Waals surface area contributed by atoms with Gasteiger partial charge in [0.25, 0.3) is 0 Å². The second-order valence-electron chi connectivity index (χ2n) is 7.68. The standard InChI is InChI=1S/C19H35NO6S/c1-2-3-4-5-6-7-8-9-10-11-12-27(25)18-17(23)16(22)15(21)14-13-26-19(24)20(14)18/h14-18,21-23H,2-13H2,1H3/t14-,15-,16+,17-,18-,27+/m1/s1. The van der Waals surface area contributed by atoms with Crippen LogP contribution < -0.4 is 0 Å². The van der Waals surface area contributed by atoms with Gasteiger partial charge in [0, 0.05) is 16.6 Å². The van der Waals surface area contributed by atoms with Crippen molar-refractivity contribution in [2.75, 3.05) is 12.4 Å². The second-order valence-corrected chi connectivity index (χ2v) is 9.33. The summed E-state index contributed by atoms with van der Waals surface area (Å²) in [4.78, 5) is 13.1. The number of amides is 1. The number of carbonyl (C=O) groups is 1. The summed E-state index contributed by atoms with van der Waals surface area (Å²) in [7, 11) is -1.51. The fourth-order valence-electron chi connectivity index (χ4n) is 3.90. The molecular formula is C19H35NO6S. The Labute approximate surface area is 164 Å². The maximum absolute atomic E-state index is 12.7. The van der Waals surface area contributed by atoms with Crippen molar-refractivity contribution < 1.29 is 29.1 Å². The van der Waals surface area contributed by atoms with E-state index in [0.717, 1.165) is 24.2 Å². The highest BCUT2D eigenvalue weighted by atomic mass is 32.2. The van der Waals surface area contributed by atoms with Crippen molar-refractivity contribution in [3.63, 3.8) is 0 Å². The number of ether oxygens (including phenoxy) is 1. The number of aliphatic hydroxyl groups is 3. The predicted molar refractivity (Wildman–Crippen MR) is 104 cm³/mol. The van der Waals surface area contributed by atoms with E-state index in [1.54, 1.807) is 0 Å². The van der Waals surface area contributed by atoms with Gasteiger partial charge in [-0.3, -0.25) is 9.11 Å². The highest BCUT2D eigenvalue weighted by Crippen LogP contribution is 2.31. The fraction of sp³-hybridized carbons (Fsp3) is 0.947. The first-order valence-electron chi connectivity index (χ1n) is 10.4. The number of fused-ring (bicyclic) bond motifs is 1. The van der Waals surface area contributed by atoms with Gasteiger partial charge in [-0.15, -0.1) is 0 Å². The van der Waals surface area contributed by atoms with Gasteiger partial charge in [0.2, 0.25) is 0 Å². The smallest absolute Gasteiger partial charge is 0.411 e. The van der Waals surface area contributed by atoms with E-state index in [1.807, 2.05) is 0 Å². The lowest BCUT2D eigenvalue weighted by Crippen LogP contribution is -2.66. The summed E-state index contributed by atoms with van der Waals surface area (Å²) < 4.78 is 17.6. The van der Waals surface area contributed by atoms with Crippen LogP contribution in [0.15, 0.2) is 0 Å². The molecule has 1 amide bonds. The molecule has 3 N–H and O–H groups in total. The molecule has 2 rings (SSSR count). The summed E-state index contributed by atoms with van der Waals surface area (Å²) in [5.74, 6) is 0.359. The van der Waals surface area contributed by atoms with E-state index in [2.05, 4.69) is 6.92 Å². The summed E-state index contributed by atoms with van der Waals surface area (Å²) >= 11 is 0. The molecule has 6 atom stereocenters. The molecular weight excluding hydrogens is 370 g/mol. The summed E-state index contributed by atoms with van der Waals surface area (Å²) in [6, 6.07) is -0.752. The number of nitrogens with zero attached hydrogens (tertiary/aromatic N) is 1. The fourth-order valence-corrected chi connectivity index (χ4v) is 5.60. The molecule has 2 saturated heterocycles. The number of cyclic esters (lactones) is 1. The molecule has 0 aromatic rings. The molecule has 2 heterocycles. The van der Waals surface area contributed by atoms with Crippen LogP contribution in [0.1, 0.15) is 71.1 Å². The van der Waals surface area contributed by atoms with Crippen molar-refractivity contribution in [2.24, 2.45) is 0 Å². The van der Waals surface area contributed by atoms with E-state index in [9.17, 15) is 24.3 Å². The Bertz CT molecular complexity index is 491. The number of hydrogen-bond acceptors (Lipinski definition) is 6. The van der Waals surface area contributed by atoms with Crippen molar-refractivity contribution in [1.29, 1.82) is 0 Å². The number of piperidine rings is 1. The Morgan fingerprint density at radius 3 is 2.07 bits per heavy atom. The largest absolute Gasteiger partial charge is 0.447 e. The SMILES string of the molecule is CCCCCCCCCCCC[S@](=O)[C@@H]1[C@H](O)[C@@H](O)[C@H](O)[C@H]2COC(=O)N21. The van der Waals surface area contributed by atoms with E-state index >= 15 is 0 Å². The Balaban J connectivity index is 1.69. The molecule has 0 aliphatic carbocycles. The van der Waals surface area contributed by atoms with Crippen molar-refractivity contribution in [3.8, 4) is 0 Å². The summed E-state index contributed by atoms with van der Waals surface area (Å²) in [6.45, 7) is 2.15. The third-order valence-electron chi connectivity index (χ3n) is 5.57. The van der Waals surface area contributed by atoms with Crippen LogP contribution in [0.3, 0.4) is 0 Å². The van der Waals surface area contributed by atoms with Gasteiger partial charge in [-0.1, -0.05) is 64.7 Å². The molecule has 0 bridgehead atoms. The monoisotopic (exact) mass is 405 g/mol. The van der Waals surface area contributed by atoms with Gasteiger partial charge in [0.1, 0.15) is 30.3 Å². The van der Waals surface area contributed by atoms with Crippen LogP contribution in [-0.4, -0.2) is 72.6 Å². The molecule has 8 heteroatoms. The first kappa shape index (κ1) is 22.6. The van der Waals surface area contributed by atoms with Gasteiger partial charge in [-0.2, -0.15) is 0 Å². The molecule has 158 valence electrons. The number of aliphatic hydroxyl groups excluding tert-OH is 3. The van der Waals surface area contributed by atoms with Crippen LogP contribution >= 0.6 is 0 Å². The summed E-state index contributed by atoms with van der Waals surface area (Å²) in [6.07, 6.45) is 6.84. The van der Waals surface area contributed by atoms with Gasteiger partial charge in [0.05, 0.1) is 6.04 Å². The molecule has 0 spiro atoms. The first-order valence-corrected chi connectivity index (χ1v) is 11.7. The molecule has 7 nitrogen and oxygen atoms in total. The maximum atomic E-state index is 12.7. The normalized spacial score (nSPS) is 31.6. The van der Waals surface area contributed by atoms with Crippen LogP contribution in [0, 0.1) is 0 Å². The quantitative estimate of drug-likeness (QED) is 0.428. The Hall–Kier alpha value is -0.700. The molecule has 2 fully saturated rings. The third kappa shape index (κ3) is 5.89. The average Bonchev–Trinajstić information content (AvgIpc) is 3.03. The zero-order valence-electron chi connectivity index (χ0n) is 16.3. The molecule has 0 radical (unpaired) electrons. The third-order valence-corrected chi connectivity index (χ3v) is 7.31. The molecule has 27 heavy (non-hydrogen) atoms. The Morgan fingerprint density at radius 2 is 1.48 bits per heavy atom. The molecule has 2 aliphatic heterocycles. The van der Waals surface area contributed by atoms with Crippen molar-refractivity contribution in [2.45, 2.75) is 101 Å². The van der Waals surface area contributed by atoms with Crippen LogP contribution in [0.25, 0.3) is 0 Å². The highest BCUT2D eigenvalue weighted by molar-refractivity contribution is 7.85. The average molecular weight is 406 g/mol.